The summed E-state index contributed by atoms with van der Waals surface area (Å²) < 4.78 is 0. The molecule has 0 aliphatic carbocycles. The molecule has 1 fully saturated rings. The molecule has 74 valence electrons. The third-order valence-corrected chi connectivity index (χ3v) is 1.77. The van der Waals surface area contributed by atoms with E-state index in [1.807, 2.05) is 0 Å². The van der Waals surface area contributed by atoms with Crippen LogP contribution in [-0.2, 0) is 9.59 Å². The van der Waals surface area contributed by atoms with E-state index in [2.05, 4.69) is 0 Å². The molecule has 1 saturated heterocycles. The van der Waals surface area contributed by atoms with Gasteiger partial charge in [0.25, 0.3) is 0 Å². The number of aliphatic carboxylic acids is 1. The van der Waals surface area contributed by atoms with Gasteiger partial charge >= 0.3 is 12.0 Å². The highest BCUT2D eigenvalue weighted by atomic mass is 35.5. The van der Waals surface area contributed by atoms with Crippen molar-refractivity contribution < 1.29 is 19.5 Å². The maximum atomic E-state index is 11.0. The summed E-state index contributed by atoms with van der Waals surface area (Å²) in [4.78, 5) is 32.7. The molecular formula is C6H9ClN2O4. The van der Waals surface area contributed by atoms with Gasteiger partial charge in [0.2, 0.25) is 5.91 Å². The van der Waals surface area contributed by atoms with E-state index in [4.69, 9.17) is 10.8 Å². The molecule has 6 nitrogen and oxygen atoms in total. The van der Waals surface area contributed by atoms with Crippen molar-refractivity contribution >= 4 is 30.3 Å². The monoisotopic (exact) mass is 208 g/mol. The number of primary amides is 1. The highest BCUT2D eigenvalue weighted by Gasteiger charge is 2.39. The Morgan fingerprint density at radius 2 is 2.08 bits per heavy atom. The molecule has 13 heavy (non-hydrogen) atoms. The Bertz CT molecular complexity index is 231. The van der Waals surface area contributed by atoms with Crippen LogP contribution in [0.2, 0.25) is 0 Å². The third kappa shape index (κ3) is 2.09. The fraction of sp³-hybridized carbons (Fsp3) is 0.500. The van der Waals surface area contributed by atoms with Crippen LogP contribution in [0, 0.1) is 5.92 Å². The fourth-order valence-electron chi connectivity index (χ4n) is 1.13. The molecule has 0 unspecified atom stereocenters. The van der Waals surface area contributed by atoms with Gasteiger partial charge in [0, 0.05) is 6.54 Å². The predicted molar refractivity (Wildman–Crippen MR) is 44.3 cm³/mol. The van der Waals surface area contributed by atoms with Crippen molar-refractivity contribution in [3.8, 4) is 0 Å². The number of urea groups is 1. The van der Waals surface area contributed by atoms with E-state index in [1.165, 1.54) is 0 Å². The lowest BCUT2D eigenvalue weighted by Gasteiger charge is -2.08. The largest absolute Gasteiger partial charge is 0.481 e. The van der Waals surface area contributed by atoms with Crippen molar-refractivity contribution in [2.45, 2.75) is 6.42 Å². The summed E-state index contributed by atoms with van der Waals surface area (Å²) in [5.41, 5.74) is 4.82. The van der Waals surface area contributed by atoms with Crippen molar-refractivity contribution in [1.82, 2.24) is 4.90 Å². The average molecular weight is 209 g/mol. The molecule has 1 atom stereocenters. The second-order valence-corrected chi connectivity index (χ2v) is 2.51. The van der Waals surface area contributed by atoms with E-state index < -0.39 is 23.8 Å². The van der Waals surface area contributed by atoms with Gasteiger partial charge in [0.1, 0.15) is 5.92 Å². The molecular weight excluding hydrogens is 200 g/mol. The van der Waals surface area contributed by atoms with Crippen molar-refractivity contribution in [3.63, 3.8) is 0 Å². The first-order valence-corrected chi connectivity index (χ1v) is 3.37. The number of nitrogens with two attached hydrogens (primary N) is 1. The molecule has 1 rings (SSSR count). The second-order valence-electron chi connectivity index (χ2n) is 2.51. The minimum absolute atomic E-state index is 0. The molecule has 0 radical (unpaired) electrons. The third-order valence-electron chi connectivity index (χ3n) is 1.77. The van der Waals surface area contributed by atoms with Gasteiger partial charge in [-0.1, -0.05) is 0 Å². The normalized spacial score (nSPS) is 21.1. The number of halogens is 1. The quantitative estimate of drug-likeness (QED) is 0.563. The zero-order chi connectivity index (χ0) is 9.30. The molecule has 0 spiro atoms. The van der Waals surface area contributed by atoms with E-state index in [1.54, 1.807) is 0 Å². The number of carbonyl (C=O) groups excluding carboxylic acids is 2. The number of imide groups is 1. The first kappa shape index (κ1) is 11.7. The maximum absolute atomic E-state index is 11.0. The van der Waals surface area contributed by atoms with Crippen LogP contribution in [0.4, 0.5) is 4.79 Å². The summed E-state index contributed by atoms with van der Waals surface area (Å²) in [7, 11) is 0. The molecule has 3 N–H and O–H groups in total. The number of hydrogen-bond donors (Lipinski definition) is 2. The van der Waals surface area contributed by atoms with Crippen LogP contribution in [-0.4, -0.2) is 34.5 Å². The van der Waals surface area contributed by atoms with E-state index in [-0.39, 0.29) is 25.4 Å². The van der Waals surface area contributed by atoms with Gasteiger partial charge in [-0.25, -0.2) is 4.79 Å². The maximum Gasteiger partial charge on any atom is 0.321 e. The van der Waals surface area contributed by atoms with Gasteiger partial charge in [-0.3, -0.25) is 14.5 Å². The zero-order valence-electron chi connectivity index (χ0n) is 6.60. The molecule has 1 aliphatic heterocycles. The van der Waals surface area contributed by atoms with Crippen LogP contribution in [0.15, 0.2) is 0 Å². The zero-order valence-corrected chi connectivity index (χ0v) is 7.41. The lowest BCUT2D eigenvalue weighted by molar-refractivity contribution is -0.146. The van der Waals surface area contributed by atoms with Crippen LogP contribution in [0.1, 0.15) is 6.42 Å². The summed E-state index contributed by atoms with van der Waals surface area (Å²) in [5, 5.41) is 8.48. The van der Waals surface area contributed by atoms with Crippen LogP contribution in [0.3, 0.4) is 0 Å². The Balaban J connectivity index is 0.00000144. The fourth-order valence-corrected chi connectivity index (χ4v) is 1.13. The second kappa shape index (κ2) is 4.08. The van der Waals surface area contributed by atoms with Gasteiger partial charge in [-0.05, 0) is 6.42 Å². The molecule has 0 aromatic heterocycles. The minimum atomic E-state index is -1.20. The van der Waals surface area contributed by atoms with Gasteiger partial charge in [0.05, 0.1) is 0 Å². The molecule has 0 bridgehead atoms. The molecule has 0 aromatic rings. The van der Waals surface area contributed by atoms with E-state index in [0.29, 0.717) is 0 Å². The molecule has 3 amide bonds. The van der Waals surface area contributed by atoms with Crippen LogP contribution < -0.4 is 5.73 Å². The number of amides is 3. The SMILES string of the molecule is Cl.NC(=O)N1CC[C@@H](C(=O)O)C1=O. The molecule has 0 aromatic carbocycles. The standard InChI is InChI=1S/C6H8N2O4.ClH/c7-6(12)8-2-1-3(4(8)9)5(10)11;/h3H,1-2H2,(H2,7,12)(H,10,11);1H/t3-;/m1./s1. The van der Waals surface area contributed by atoms with Crippen molar-refractivity contribution in [2.24, 2.45) is 11.7 Å². The van der Waals surface area contributed by atoms with Crippen LogP contribution in [0.5, 0.6) is 0 Å². The number of rotatable bonds is 1. The van der Waals surface area contributed by atoms with Crippen molar-refractivity contribution in [3.05, 3.63) is 0 Å². The minimum Gasteiger partial charge on any atom is -0.481 e. The molecule has 7 heteroatoms. The number of hydrogen-bond acceptors (Lipinski definition) is 3. The Morgan fingerprint density at radius 1 is 1.54 bits per heavy atom. The summed E-state index contributed by atoms with van der Waals surface area (Å²) in [6, 6.07) is -0.885. The molecule has 1 heterocycles. The molecule has 0 saturated carbocycles. The number of carboxylic acid groups (broad SMARTS) is 1. The Kier molecular flexibility index (Phi) is 3.68. The first-order valence-electron chi connectivity index (χ1n) is 3.37. The summed E-state index contributed by atoms with van der Waals surface area (Å²) in [6.45, 7) is 0.102. The average Bonchev–Trinajstić information content (AvgIpc) is 2.30. The lowest BCUT2D eigenvalue weighted by atomic mass is 10.1. The Morgan fingerprint density at radius 3 is 2.31 bits per heavy atom. The van der Waals surface area contributed by atoms with E-state index >= 15 is 0 Å². The molecule has 1 aliphatic rings. The van der Waals surface area contributed by atoms with Gasteiger partial charge in [0.15, 0.2) is 0 Å². The van der Waals surface area contributed by atoms with Gasteiger partial charge < -0.3 is 10.8 Å². The van der Waals surface area contributed by atoms with E-state index in [0.717, 1.165) is 4.90 Å². The van der Waals surface area contributed by atoms with Gasteiger partial charge in [-0.2, -0.15) is 0 Å². The van der Waals surface area contributed by atoms with Crippen LogP contribution in [0.25, 0.3) is 0 Å². The number of likely N-dealkylation sites (tertiary alicyclic amines) is 1. The summed E-state index contributed by atoms with van der Waals surface area (Å²) in [6.07, 6.45) is 0.150. The first-order chi connectivity index (χ1) is 5.54. The number of carbonyl (C=O) groups is 3. The van der Waals surface area contributed by atoms with Gasteiger partial charge in [-0.15, -0.1) is 12.4 Å². The highest BCUT2D eigenvalue weighted by Crippen LogP contribution is 2.17. The van der Waals surface area contributed by atoms with Crippen molar-refractivity contribution in [2.75, 3.05) is 6.54 Å². The smallest absolute Gasteiger partial charge is 0.321 e. The van der Waals surface area contributed by atoms with Crippen LogP contribution >= 0.6 is 12.4 Å². The topological polar surface area (TPSA) is 101 Å². The Hall–Kier alpha value is -1.30. The van der Waals surface area contributed by atoms with Crippen molar-refractivity contribution in [1.29, 1.82) is 0 Å². The summed E-state index contributed by atoms with van der Waals surface area (Å²) in [5.74, 6) is -3.02. The number of carboxylic acids is 1. The number of nitrogens with zero attached hydrogens (tertiary/aromatic N) is 1. The predicted octanol–water partition coefficient (Wildman–Crippen LogP) is -0.580. The van der Waals surface area contributed by atoms with E-state index in [9.17, 15) is 14.4 Å². The summed E-state index contributed by atoms with van der Waals surface area (Å²) >= 11 is 0. The lowest BCUT2D eigenvalue weighted by Crippen LogP contribution is -2.38. The highest BCUT2D eigenvalue weighted by molar-refractivity contribution is 6.05. The Labute approximate surface area is 80.1 Å².